The summed E-state index contributed by atoms with van der Waals surface area (Å²) < 4.78 is 0. The van der Waals surface area contributed by atoms with Crippen LogP contribution in [0.15, 0.2) is 24.3 Å². The van der Waals surface area contributed by atoms with E-state index in [-0.39, 0.29) is 12.0 Å². The second-order valence-electron chi connectivity index (χ2n) is 7.36. The average molecular weight is 341 g/mol. The Balaban J connectivity index is 1.61. The maximum absolute atomic E-state index is 12.5. The standard InChI is InChI=1S/C20H27N3O2/c21-15-20(9-3-4-10-20)19(25)22-13-16-5-1-2-6-17(16)14-23-11-7-18(24)8-12-23/h1-2,5-6,18,24H,3-4,7-14H2,(H,22,25). The van der Waals surface area contributed by atoms with E-state index >= 15 is 0 Å². The van der Waals surface area contributed by atoms with E-state index in [1.807, 2.05) is 18.2 Å². The molecule has 134 valence electrons. The number of carbonyl (C=O) groups excluding carboxylic acids is 1. The number of aliphatic hydroxyl groups is 1. The molecule has 0 bridgehead atoms. The summed E-state index contributed by atoms with van der Waals surface area (Å²) >= 11 is 0. The molecule has 2 N–H and O–H groups in total. The Morgan fingerprint density at radius 3 is 2.52 bits per heavy atom. The maximum atomic E-state index is 12.5. The molecule has 1 aliphatic carbocycles. The minimum absolute atomic E-state index is 0.122. The molecule has 5 nitrogen and oxygen atoms in total. The summed E-state index contributed by atoms with van der Waals surface area (Å²) in [5, 5.41) is 22.1. The molecule has 0 atom stereocenters. The Bertz CT molecular complexity index is 639. The topological polar surface area (TPSA) is 76.4 Å². The minimum Gasteiger partial charge on any atom is -0.393 e. The molecule has 1 amide bonds. The molecule has 1 aliphatic heterocycles. The van der Waals surface area contributed by atoms with Gasteiger partial charge in [-0.2, -0.15) is 5.26 Å². The smallest absolute Gasteiger partial charge is 0.240 e. The van der Waals surface area contributed by atoms with Crippen LogP contribution in [0, 0.1) is 16.7 Å². The Morgan fingerprint density at radius 2 is 1.88 bits per heavy atom. The van der Waals surface area contributed by atoms with Crippen molar-refractivity contribution >= 4 is 5.91 Å². The maximum Gasteiger partial charge on any atom is 0.240 e. The highest BCUT2D eigenvalue weighted by Crippen LogP contribution is 2.37. The van der Waals surface area contributed by atoms with E-state index in [1.54, 1.807) is 0 Å². The second kappa shape index (κ2) is 7.99. The first-order valence-corrected chi connectivity index (χ1v) is 9.30. The van der Waals surface area contributed by atoms with Gasteiger partial charge in [0.1, 0.15) is 5.41 Å². The van der Waals surface area contributed by atoms with Crippen molar-refractivity contribution in [2.45, 2.75) is 57.7 Å². The van der Waals surface area contributed by atoms with Gasteiger partial charge in [0.15, 0.2) is 0 Å². The number of hydrogen-bond donors (Lipinski definition) is 2. The summed E-state index contributed by atoms with van der Waals surface area (Å²) in [5.74, 6) is -0.122. The quantitative estimate of drug-likeness (QED) is 0.862. The SMILES string of the molecule is N#CC1(C(=O)NCc2ccccc2CN2CCC(O)CC2)CCCC1. The van der Waals surface area contributed by atoms with Gasteiger partial charge in [-0.3, -0.25) is 9.69 Å². The lowest BCUT2D eigenvalue weighted by Gasteiger charge is -2.30. The summed E-state index contributed by atoms with van der Waals surface area (Å²) in [7, 11) is 0. The fourth-order valence-corrected chi connectivity index (χ4v) is 3.92. The van der Waals surface area contributed by atoms with E-state index in [9.17, 15) is 15.2 Å². The van der Waals surface area contributed by atoms with Crippen LogP contribution in [-0.2, 0) is 17.9 Å². The molecule has 1 heterocycles. The summed E-state index contributed by atoms with van der Waals surface area (Å²) in [4.78, 5) is 14.9. The van der Waals surface area contributed by atoms with Gasteiger partial charge >= 0.3 is 0 Å². The van der Waals surface area contributed by atoms with Gasteiger partial charge in [0.05, 0.1) is 12.2 Å². The fourth-order valence-electron chi connectivity index (χ4n) is 3.92. The lowest BCUT2D eigenvalue weighted by atomic mass is 9.87. The van der Waals surface area contributed by atoms with Crippen molar-refractivity contribution in [2.24, 2.45) is 5.41 Å². The molecule has 2 fully saturated rings. The summed E-state index contributed by atoms with van der Waals surface area (Å²) in [5.41, 5.74) is 1.49. The molecule has 1 saturated heterocycles. The Morgan fingerprint density at radius 1 is 1.24 bits per heavy atom. The van der Waals surface area contributed by atoms with Crippen LogP contribution in [0.25, 0.3) is 0 Å². The third-order valence-corrected chi connectivity index (χ3v) is 5.61. The van der Waals surface area contributed by atoms with Crippen LogP contribution in [0.3, 0.4) is 0 Å². The molecule has 1 aromatic carbocycles. The van der Waals surface area contributed by atoms with Gasteiger partial charge in [0.25, 0.3) is 0 Å². The van der Waals surface area contributed by atoms with Crippen LogP contribution in [0.5, 0.6) is 0 Å². The number of nitrogens with zero attached hydrogens (tertiary/aromatic N) is 2. The number of amides is 1. The van der Waals surface area contributed by atoms with E-state index in [1.165, 1.54) is 5.56 Å². The van der Waals surface area contributed by atoms with Crippen LogP contribution in [0.1, 0.15) is 49.7 Å². The highest BCUT2D eigenvalue weighted by molar-refractivity contribution is 5.85. The summed E-state index contributed by atoms with van der Waals surface area (Å²) in [6.45, 7) is 3.11. The molecule has 1 aromatic rings. The molecular formula is C20H27N3O2. The predicted octanol–water partition coefficient (Wildman–Crippen LogP) is 2.34. The Kier molecular flexibility index (Phi) is 5.72. The fraction of sp³-hybridized carbons (Fsp3) is 0.600. The van der Waals surface area contributed by atoms with Crippen molar-refractivity contribution in [3.63, 3.8) is 0 Å². The largest absolute Gasteiger partial charge is 0.393 e. The molecule has 5 heteroatoms. The number of carbonyl (C=O) groups is 1. The summed E-state index contributed by atoms with van der Waals surface area (Å²) in [6.07, 6.45) is 4.74. The van der Waals surface area contributed by atoms with Crippen LogP contribution in [0.4, 0.5) is 0 Å². The van der Waals surface area contributed by atoms with Crippen LogP contribution < -0.4 is 5.32 Å². The van der Waals surface area contributed by atoms with Crippen molar-refractivity contribution in [1.82, 2.24) is 10.2 Å². The lowest BCUT2D eigenvalue weighted by Crippen LogP contribution is -2.38. The molecule has 1 saturated carbocycles. The number of nitriles is 1. The third-order valence-electron chi connectivity index (χ3n) is 5.61. The zero-order chi connectivity index (χ0) is 17.7. The predicted molar refractivity (Wildman–Crippen MR) is 95.3 cm³/mol. The molecule has 25 heavy (non-hydrogen) atoms. The molecule has 0 unspecified atom stereocenters. The highest BCUT2D eigenvalue weighted by Gasteiger charge is 2.41. The number of likely N-dealkylation sites (tertiary alicyclic amines) is 1. The third kappa shape index (κ3) is 4.20. The number of benzene rings is 1. The van der Waals surface area contributed by atoms with E-state index in [0.29, 0.717) is 19.4 Å². The average Bonchev–Trinajstić information content (AvgIpc) is 3.13. The molecule has 0 aromatic heterocycles. The number of aliphatic hydroxyl groups excluding tert-OH is 1. The second-order valence-corrected chi connectivity index (χ2v) is 7.36. The van der Waals surface area contributed by atoms with Crippen LogP contribution >= 0.6 is 0 Å². The number of hydrogen-bond acceptors (Lipinski definition) is 4. The van der Waals surface area contributed by atoms with Crippen molar-refractivity contribution in [2.75, 3.05) is 13.1 Å². The first-order valence-electron chi connectivity index (χ1n) is 9.30. The molecule has 3 rings (SSSR count). The zero-order valence-electron chi connectivity index (χ0n) is 14.7. The van der Waals surface area contributed by atoms with E-state index in [4.69, 9.17) is 0 Å². The monoisotopic (exact) mass is 341 g/mol. The minimum atomic E-state index is -0.821. The highest BCUT2D eigenvalue weighted by atomic mass is 16.3. The Hall–Kier alpha value is -1.90. The van der Waals surface area contributed by atoms with Gasteiger partial charge in [-0.05, 0) is 36.8 Å². The summed E-state index contributed by atoms with van der Waals surface area (Å²) in [6, 6.07) is 10.4. The molecule has 0 radical (unpaired) electrons. The van der Waals surface area contributed by atoms with Gasteiger partial charge in [-0.1, -0.05) is 37.1 Å². The van der Waals surface area contributed by atoms with Gasteiger partial charge < -0.3 is 10.4 Å². The van der Waals surface area contributed by atoms with Gasteiger partial charge in [-0.15, -0.1) is 0 Å². The normalized spacial score (nSPS) is 21.0. The van der Waals surface area contributed by atoms with Crippen molar-refractivity contribution in [3.8, 4) is 6.07 Å². The van der Waals surface area contributed by atoms with Crippen LogP contribution in [0.2, 0.25) is 0 Å². The lowest BCUT2D eigenvalue weighted by molar-refractivity contribution is -0.128. The van der Waals surface area contributed by atoms with Gasteiger partial charge in [-0.25, -0.2) is 0 Å². The first kappa shape index (κ1) is 17.9. The molecule has 0 spiro atoms. The van der Waals surface area contributed by atoms with Gasteiger partial charge in [0, 0.05) is 26.2 Å². The number of rotatable bonds is 5. The van der Waals surface area contributed by atoms with E-state index in [0.717, 1.165) is 50.9 Å². The van der Waals surface area contributed by atoms with E-state index < -0.39 is 5.41 Å². The first-order chi connectivity index (χ1) is 12.1. The van der Waals surface area contributed by atoms with Crippen molar-refractivity contribution in [1.29, 1.82) is 5.26 Å². The van der Waals surface area contributed by atoms with Gasteiger partial charge in [0.2, 0.25) is 5.91 Å². The van der Waals surface area contributed by atoms with E-state index in [2.05, 4.69) is 22.4 Å². The van der Waals surface area contributed by atoms with Crippen LogP contribution in [-0.4, -0.2) is 35.1 Å². The number of piperidine rings is 1. The molecule has 2 aliphatic rings. The zero-order valence-corrected chi connectivity index (χ0v) is 14.7. The Labute approximate surface area is 149 Å². The molecular weight excluding hydrogens is 314 g/mol. The number of nitrogens with one attached hydrogen (secondary N) is 1. The van der Waals surface area contributed by atoms with Crippen molar-refractivity contribution in [3.05, 3.63) is 35.4 Å². The van der Waals surface area contributed by atoms with Crippen molar-refractivity contribution < 1.29 is 9.90 Å².